The van der Waals surface area contributed by atoms with E-state index in [1.807, 2.05) is 12.1 Å². The van der Waals surface area contributed by atoms with Crippen molar-refractivity contribution in [3.63, 3.8) is 0 Å². The summed E-state index contributed by atoms with van der Waals surface area (Å²) in [5.41, 5.74) is 1.70. The third-order valence-electron chi connectivity index (χ3n) is 2.19. The fourth-order valence-corrected chi connectivity index (χ4v) is 1.35. The van der Waals surface area contributed by atoms with Crippen LogP contribution in [0.4, 0.5) is 0 Å². The van der Waals surface area contributed by atoms with Crippen LogP contribution in [0.2, 0.25) is 0 Å². The Kier molecular flexibility index (Phi) is 4.07. The van der Waals surface area contributed by atoms with Gasteiger partial charge in [-0.2, -0.15) is 0 Å². The molecule has 0 bridgehead atoms. The number of nitrogens with one attached hydrogen (secondary N) is 1. The zero-order chi connectivity index (χ0) is 12.2. The van der Waals surface area contributed by atoms with Crippen LogP contribution in [0.3, 0.4) is 0 Å². The van der Waals surface area contributed by atoms with E-state index in [9.17, 15) is 4.79 Å². The highest BCUT2D eigenvalue weighted by atomic mass is 16.4. The number of carbonyl (C=O) groups is 1. The normalized spacial score (nSPS) is 11.4. The van der Waals surface area contributed by atoms with E-state index in [1.165, 1.54) is 0 Å². The molecule has 0 atom stereocenters. The molecular weight excluding hydrogens is 202 g/mol. The molecule has 0 saturated heterocycles. The van der Waals surface area contributed by atoms with Gasteiger partial charge in [0.25, 0.3) is 0 Å². The lowest BCUT2D eigenvalue weighted by Crippen LogP contribution is -2.26. The topological polar surface area (TPSA) is 49.3 Å². The van der Waals surface area contributed by atoms with Crippen LogP contribution in [0.15, 0.2) is 24.3 Å². The van der Waals surface area contributed by atoms with Crippen LogP contribution in [-0.4, -0.2) is 17.6 Å². The Morgan fingerprint density at radius 3 is 2.25 bits per heavy atom. The standard InChI is InChI=1S/C13H19NO2/c1-13(2,3)9-14-8-10-4-6-11(7-5-10)12(15)16/h4-7,14H,8-9H2,1-3H3,(H,15,16). The Labute approximate surface area is 96.5 Å². The molecule has 88 valence electrons. The average Bonchev–Trinajstić information content (AvgIpc) is 2.16. The van der Waals surface area contributed by atoms with Gasteiger partial charge in [0, 0.05) is 13.1 Å². The molecule has 0 fully saturated rings. The van der Waals surface area contributed by atoms with Gasteiger partial charge in [-0.3, -0.25) is 0 Å². The third kappa shape index (κ3) is 4.45. The average molecular weight is 221 g/mol. The number of hydrogen-bond acceptors (Lipinski definition) is 2. The van der Waals surface area contributed by atoms with Gasteiger partial charge in [0.15, 0.2) is 0 Å². The number of hydrogen-bond donors (Lipinski definition) is 2. The maximum absolute atomic E-state index is 10.6. The van der Waals surface area contributed by atoms with Gasteiger partial charge < -0.3 is 10.4 Å². The SMILES string of the molecule is CC(C)(C)CNCc1ccc(C(=O)O)cc1. The van der Waals surface area contributed by atoms with E-state index in [2.05, 4.69) is 26.1 Å². The monoisotopic (exact) mass is 221 g/mol. The quantitative estimate of drug-likeness (QED) is 0.821. The first-order chi connectivity index (χ1) is 7.38. The zero-order valence-electron chi connectivity index (χ0n) is 10.1. The minimum absolute atomic E-state index is 0.265. The molecule has 2 N–H and O–H groups in total. The van der Waals surface area contributed by atoms with E-state index in [0.717, 1.165) is 18.7 Å². The number of carboxylic acid groups (broad SMARTS) is 1. The van der Waals surface area contributed by atoms with Gasteiger partial charge >= 0.3 is 5.97 Å². The summed E-state index contributed by atoms with van der Waals surface area (Å²) in [6.07, 6.45) is 0. The summed E-state index contributed by atoms with van der Waals surface area (Å²) in [5, 5.41) is 12.1. The summed E-state index contributed by atoms with van der Waals surface area (Å²) in [4.78, 5) is 10.6. The molecule has 0 aliphatic heterocycles. The molecule has 1 aromatic carbocycles. The molecule has 0 spiro atoms. The molecule has 0 amide bonds. The van der Waals surface area contributed by atoms with Crippen molar-refractivity contribution in [1.82, 2.24) is 5.32 Å². The fraction of sp³-hybridized carbons (Fsp3) is 0.462. The second-order valence-electron chi connectivity index (χ2n) is 5.17. The summed E-state index contributed by atoms with van der Waals surface area (Å²) in [5.74, 6) is -0.880. The Balaban J connectivity index is 2.47. The molecule has 1 aromatic rings. The van der Waals surface area contributed by atoms with E-state index in [-0.39, 0.29) is 5.41 Å². The van der Waals surface area contributed by atoms with Crippen LogP contribution in [0.5, 0.6) is 0 Å². The summed E-state index contributed by atoms with van der Waals surface area (Å²) < 4.78 is 0. The van der Waals surface area contributed by atoms with Crippen molar-refractivity contribution in [2.45, 2.75) is 27.3 Å². The van der Waals surface area contributed by atoms with Gasteiger partial charge in [-0.05, 0) is 23.1 Å². The maximum atomic E-state index is 10.6. The maximum Gasteiger partial charge on any atom is 0.335 e. The third-order valence-corrected chi connectivity index (χ3v) is 2.19. The van der Waals surface area contributed by atoms with Crippen molar-refractivity contribution in [1.29, 1.82) is 0 Å². The molecule has 0 unspecified atom stereocenters. The molecule has 3 heteroatoms. The first-order valence-corrected chi connectivity index (χ1v) is 5.41. The van der Waals surface area contributed by atoms with Crippen LogP contribution in [-0.2, 0) is 6.54 Å². The molecule has 0 saturated carbocycles. The molecular formula is C13H19NO2. The van der Waals surface area contributed by atoms with E-state index in [0.29, 0.717) is 5.56 Å². The van der Waals surface area contributed by atoms with Crippen molar-refractivity contribution in [2.75, 3.05) is 6.54 Å². The van der Waals surface area contributed by atoms with Crippen molar-refractivity contribution < 1.29 is 9.90 Å². The smallest absolute Gasteiger partial charge is 0.335 e. The fourth-order valence-electron chi connectivity index (χ4n) is 1.35. The molecule has 0 radical (unpaired) electrons. The van der Waals surface area contributed by atoms with Gasteiger partial charge in [0.2, 0.25) is 0 Å². The second kappa shape index (κ2) is 5.12. The van der Waals surface area contributed by atoms with Crippen molar-refractivity contribution >= 4 is 5.97 Å². The number of rotatable bonds is 4. The van der Waals surface area contributed by atoms with Crippen LogP contribution < -0.4 is 5.32 Å². The Morgan fingerprint density at radius 1 is 1.25 bits per heavy atom. The largest absolute Gasteiger partial charge is 0.478 e. The van der Waals surface area contributed by atoms with Gasteiger partial charge in [-0.1, -0.05) is 32.9 Å². The molecule has 3 nitrogen and oxygen atoms in total. The first kappa shape index (κ1) is 12.7. The number of carboxylic acids is 1. The van der Waals surface area contributed by atoms with Crippen LogP contribution >= 0.6 is 0 Å². The van der Waals surface area contributed by atoms with E-state index in [1.54, 1.807) is 12.1 Å². The molecule has 0 aliphatic rings. The van der Waals surface area contributed by atoms with Gasteiger partial charge in [-0.25, -0.2) is 4.79 Å². The first-order valence-electron chi connectivity index (χ1n) is 5.41. The van der Waals surface area contributed by atoms with Gasteiger partial charge in [-0.15, -0.1) is 0 Å². The summed E-state index contributed by atoms with van der Waals surface area (Å²) in [7, 11) is 0. The Bertz CT molecular complexity index is 349. The lowest BCUT2D eigenvalue weighted by Gasteiger charge is -2.18. The zero-order valence-corrected chi connectivity index (χ0v) is 10.1. The van der Waals surface area contributed by atoms with E-state index in [4.69, 9.17) is 5.11 Å². The highest BCUT2D eigenvalue weighted by molar-refractivity contribution is 5.87. The van der Waals surface area contributed by atoms with E-state index < -0.39 is 5.97 Å². The number of benzene rings is 1. The number of aromatic carboxylic acids is 1. The van der Waals surface area contributed by atoms with Gasteiger partial charge in [0.05, 0.1) is 5.56 Å². The van der Waals surface area contributed by atoms with Crippen LogP contribution in [0.25, 0.3) is 0 Å². The second-order valence-corrected chi connectivity index (χ2v) is 5.17. The highest BCUT2D eigenvalue weighted by Gasteiger charge is 2.08. The van der Waals surface area contributed by atoms with Crippen molar-refractivity contribution in [2.24, 2.45) is 5.41 Å². The van der Waals surface area contributed by atoms with Crippen molar-refractivity contribution in [3.05, 3.63) is 35.4 Å². The summed E-state index contributed by atoms with van der Waals surface area (Å²) in [6, 6.07) is 6.96. The molecule has 0 aromatic heterocycles. The summed E-state index contributed by atoms with van der Waals surface area (Å²) in [6.45, 7) is 8.24. The lowest BCUT2D eigenvalue weighted by atomic mass is 9.97. The van der Waals surface area contributed by atoms with Crippen LogP contribution in [0, 0.1) is 5.41 Å². The lowest BCUT2D eigenvalue weighted by molar-refractivity contribution is 0.0697. The van der Waals surface area contributed by atoms with Crippen LogP contribution in [0.1, 0.15) is 36.7 Å². The van der Waals surface area contributed by atoms with E-state index >= 15 is 0 Å². The summed E-state index contributed by atoms with van der Waals surface area (Å²) >= 11 is 0. The minimum atomic E-state index is -0.880. The van der Waals surface area contributed by atoms with Gasteiger partial charge in [0.1, 0.15) is 0 Å². The molecule has 16 heavy (non-hydrogen) atoms. The molecule has 0 aliphatic carbocycles. The Morgan fingerprint density at radius 2 is 1.81 bits per heavy atom. The van der Waals surface area contributed by atoms with Crippen molar-refractivity contribution in [3.8, 4) is 0 Å². The minimum Gasteiger partial charge on any atom is -0.478 e. The highest BCUT2D eigenvalue weighted by Crippen LogP contribution is 2.11. The molecule has 0 heterocycles. The molecule has 1 rings (SSSR count). The Hall–Kier alpha value is -1.35. The predicted molar refractivity (Wildman–Crippen MR) is 64.6 cm³/mol. The predicted octanol–water partition coefficient (Wildman–Crippen LogP) is 2.52.